The highest BCUT2D eigenvalue weighted by Crippen LogP contribution is 2.34. The molecule has 29 nitrogen and oxygen atoms in total. The standard InChI is InChI=1S/C63H88N14O15S/c1-33-5-13-40(14-6-33)74-20-22-75(23-21-74)49-16-12-39(29-66-49)61-73-72-60(93-61)38-10-8-37(9-11-38)55(85)68-43-27-41(79)30-67-59(89)53-54(84)34(2)31-77(53)63(91)52(46(82)17-19-65)71-58(88)51(47(83)25-36-7-15-45(81)48(26-36)92-24-4-18-64)70-57(87)44-28-42(80)32-76(44)62(90)50(35(3)78)69-56(43)86/h7-12,15-16,26,29,33-35,40-44,46-47,50-54,78-84H,4-6,13-14,17-25,27-28,30-32,64-65H2,1-3H3,(H,67,89)(H,68,85)(H,69,86)(H,70,87)(H,71,88)/t33?,34-,35+,40?,41+,42+,43?,44-,46+,47+,50-,51-,52-,53-,54-/m0/s1. The van der Waals surface area contributed by atoms with Crippen molar-refractivity contribution in [1.82, 2.24) is 56.5 Å². The van der Waals surface area contributed by atoms with E-state index in [4.69, 9.17) is 21.2 Å². The second-order valence-electron chi connectivity index (χ2n) is 25.2. The molecule has 30 heteroatoms. The maximum atomic E-state index is 14.7. The largest absolute Gasteiger partial charge is 0.504 e. The Morgan fingerprint density at radius 1 is 0.742 bits per heavy atom. The van der Waals surface area contributed by atoms with E-state index in [2.05, 4.69) is 53.5 Å². The number of pyridine rings is 1. The first-order valence-electron chi connectivity index (χ1n) is 31.9. The summed E-state index contributed by atoms with van der Waals surface area (Å²) in [5.41, 5.74) is 13.1. The third kappa shape index (κ3) is 17.1. The van der Waals surface area contributed by atoms with Gasteiger partial charge in [0.1, 0.15) is 52.1 Å². The Bertz CT molecular complexity index is 3240. The van der Waals surface area contributed by atoms with E-state index in [-0.39, 0.29) is 55.3 Å². The molecule has 9 rings (SSSR count). The normalized spacial score (nSPS) is 28.4. The molecule has 1 unspecified atom stereocenters. The Morgan fingerprint density at radius 2 is 1.41 bits per heavy atom. The minimum Gasteiger partial charge on any atom is -0.504 e. The van der Waals surface area contributed by atoms with Crippen LogP contribution in [0.15, 0.2) is 60.8 Å². The number of aromatic hydroxyl groups is 1. The van der Waals surface area contributed by atoms with Crippen molar-refractivity contribution in [3.05, 3.63) is 71.9 Å². The molecular formula is C63H88N14O15S. The molecule has 5 aliphatic rings. The van der Waals surface area contributed by atoms with Crippen LogP contribution in [-0.4, -0.2) is 251 Å². The lowest BCUT2D eigenvalue weighted by molar-refractivity contribution is -0.147. The van der Waals surface area contributed by atoms with Crippen LogP contribution in [0.3, 0.4) is 0 Å². The third-order valence-corrected chi connectivity index (χ3v) is 19.3. The third-order valence-electron chi connectivity index (χ3n) is 18.2. The molecular weight excluding hydrogens is 1220 g/mol. The Labute approximate surface area is 542 Å². The Balaban J connectivity index is 0.949. The van der Waals surface area contributed by atoms with Gasteiger partial charge < -0.3 is 93.2 Å². The summed E-state index contributed by atoms with van der Waals surface area (Å²) in [6.45, 7) is 7.54. The number of piperazine rings is 1. The van der Waals surface area contributed by atoms with Crippen molar-refractivity contribution in [1.29, 1.82) is 0 Å². The number of phenolic OH excluding ortho intramolecular Hbond substituents is 1. The number of aromatic nitrogens is 3. The maximum Gasteiger partial charge on any atom is 0.251 e. The number of nitrogens with zero attached hydrogens (tertiary/aromatic N) is 7. The van der Waals surface area contributed by atoms with E-state index in [1.807, 2.05) is 12.1 Å². The fraction of sp³-hybridized carbons (Fsp3) is 0.587. The van der Waals surface area contributed by atoms with Gasteiger partial charge in [-0.1, -0.05) is 43.4 Å². The van der Waals surface area contributed by atoms with Gasteiger partial charge >= 0.3 is 0 Å². The topological polar surface area (TPSA) is 434 Å². The first-order valence-corrected chi connectivity index (χ1v) is 32.8. The van der Waals surface area contributed by atoms with E-state index in [1.165, 1.54) is 67.4 Å². The smallest absolute Gasteiger partial charge is 0.251 e. The summed E-state index contributed by atoms with van der Waals surface area (Å²) in [5, 5.41) is 102. The molecule has 2 aromatic heterocycles. The van der Waals surface area contributed by atoms with E-state index < -0.39 is 152 Å². The number of fused-ring (bicyclic) bond motifs is 2. The molecule has 4 aromatic rings. The molecule has 0 spiro atoms. The zero-order valence-electron chi connectivity index (χ0n) is 52.5. The molecule has 1 saturated carbocycles. The minimum atomic E-state index is -2.04. The second-order valence-corrected chi connectivity index (χ2v) is 26.2. The van der Waals surface area contributed by atoms with Gasteiger partial charge in [-0.2, -0.15) is 0 Å². The summed E-state index contributed by atoms with van der Waals surface area (Å²) >= 11 is 1.32. The number of nitrogens with one attached hydrogen (secondary N) is 5. The SMILES string of the molecule is CC1CCC(N2CCN(c3ccc(-c4nnc(-c5ccc(C(=O)NC6C[C@@H](O)CNC(=O)[C@@H]7[C@@H](O)[C@@H](C)CN7C(=O)[C@H]([C@H](O)CCN)NC(=O)[C@H]([C@H](O)Cc7ccc(O)c(OCCCN)c7)NC(=O)[C@@H]7C[C@@H](O)CN7C(=O)[C@H]([C@@H](C)O)NC6=O)cc5)s4)cn3)CC2)CC1. The average molecular weight is 1310 g/mol. The van der Waals surface area contributed by atoms with Crippen LogP contribution in [0.1, 0.15) is 88.1 Å². The van der Waals surface area contributed by atoms with Crippen molar-refractivity contribution in [2.24, 2.45) is 23.3 Å². The molecule has 2 aromatic carbocycles. The summed E-state index contributed by atoms with van der Waals surface area (Å²) in [4.78, 5) is 113. The zero-order valence-corrected chi connectivity index (χ0v) is 53.3. The number of anilines is 1. The highest BCUT2D eigenvalue weighted by Gasteiger charge is 2.50. The molecule has 16 N–H and O–H groups in total. The Morgan fingerprint density at radius 3 is 2.08 bits per heavy atom. The number of aliphatic hydroxyl groups is 6. The Hall–Kier alpha value is -7.52. The number of carbonyl (C=O) groups is 7. The number of ether oxygens (including phenoxy) is 1. The molecule has 13 atom stereocenters. The van der Waals surface area contributed by atoms with Gasteiger partial charge in [0.05, 0.1) is 43.2 Å². The molecule has 4 aliphatic heterocycles. The van der Waals surface area contributed by atoms with Gasteiger partial charge in [0.2, 0.25) is 35.4 Å². The molecule has 506 valence electrons. The molecule has 4 saturated heterocycles. The summed E-state index contributed by atoms with van der Waals surface area (Å²) < 4.78 is 5.66. The minimum absolute atomic E-state index is 0.00525. The summed E-state index contributed by atoms with van der Waals surface area (Å²) in [6.07, 6.45) is -4.54. The van der Waals surface area contributed by atoms with Crippen LogP contribution >= 0.6 is 11.3 Å². The van der Waals surface area contributed by atoms with Crippen molar-refractivity contribution in [3.8, 4) is 32.6 Å². The van der Waals surface area contributed by atoms with Crippen molar-refractivity contribution in [3.63, 3.8) is 0 Å². The van der Waals surface area contributed by atoms with Crippen LogP contribution in [0, 0.1) is 11.8 Å². The van der Waals surface area contributed by atoms with Crippen LogP contribution in [0.4, 0.5) is 5.82 Å². The van der Waals surface area contributed by atoms with Crippen molar-refractivity contribution in [2.45, 2.75) is 157 Å². The highest BCUT2D eigenvalue weighted by molar-refractivity contribution is 7.17. The number of rotatable bonds is 17. The van der Waals surface area contributed by atoms with Crippen LogP contribution in [0.2, 0.25) is 0 Å². The maximum absolute atomic E-state index is 14.7. The molecule has 5 fully saturated rings. The van der Waals surface area contributed by atoms with Gasteiger partial charge in [0, 0.05) is 99.9 Å². The lowest BCUT2D eigenvalue weighted by Crippen LogP contribution is -2.64. The van der Waals surface area contributed by atoms with Crippen LogP contribution in [-0.2, 0) is 35.2 Å². The number of benzene rings is 2. The fourth-order valence-corrected chi connectivity index (χ4v) is 13.6. The number of aliphatic hydroxyl groups excluding tert-OH is 6. The molecule has 93 heavy (non-hydrogen) atoms. The monoisotopic (exact) mass is 1310 g/mol. The quantitative estimate of drug-likeness (QED) is 0.0494. The molecule has 0 radical (unpaired) electrons. The number of hydrogen-bond donors (Lipinski definition) is 14. The van der Waals surface area contributed by atoms with Crippen molar-refractivity contribution >= 4 is 58.5 Å². The molecule has 7 amide bonds. The first kappa shape index (κ1) is 69.8. The van der Waals surface area contributed by atoms with Crippen LogP contribution in [0.5, 0.6) is 11.5 Å². The Kier molecular flexibility index (Phi) is 23.7. The number of phenols is 1. The summed E-state index contributed by atoms with van der Waals surface area (Å²) in [6, 6.07) is 3.93. The average Bonchev–Trinajstić information content (AvgIpc) is 1.74. The fourth-order valence-electron chi connectivity index (χ4n) is 12.8. The van der Waals surface area contributed by atoms with E-state index in [0.717, 1.165) is 60.2 Å². The summed E-state index contributed by atoms with van der Waals surface area (Å²) in [7, 11) is 0. The number of hydrogen-bond acceptors (Lipinski definition) is 23. The van der Waals surface area contributed by atoms with E-state index in [9.17, 15) is 69.3 Å². The van der Waals surface area contributed by atoms with Gasteiger partial charge in [-0.05, 0) is 106 Å². The van der Waals surface area contributed by atoms with E-state index >= 15 is 0 Å². The number of nitrogens with two attached hydrogens (primary N) is 2. The predicted molar refractivity (Wildman–Crippen MR) is 340 cm³/mol. The molecule has 1 aliphatic carbocycles. The molecule has 6 heterocycles. The van der Waals surface area contributed by atoms with Crippen molar-refractivity contribution < 1.29 is 74.0 Å². The molecule has 0 bridgehead atoms. The highest BCUT2D eigenvalue weighted by atomic mass is 32.1. The predicted octanol–water partition coefficient (Wildman–Crippen LogP) is -2.30. The van der Waals surface area contributed by atoms with Crippen molar-refractivity contribution in [2.75, 3.05) is 70.4 Å². The first-order chi connectivity index (χ1) is 44.5. The summed E-state index contributed by atoms with van der Waals surface area (Å²) in [5.74, 6) is -6.87. The van der Waals surface area contributed by atoms with E-state index in [0.29, 0.717) is 28.0 Å². The second kappa shape index (κ2) is 31.6. The zero-order chi connectivity index (χ0) is 66.8. The van der Waals surface area contributed by atoms with Crippen LogP contribution < -0.4 is 47.7 Å². The van der Waals surface area contributed by atoms with Gasteiger partial charge in [-0.3, -0.25) is 38.5 Å². The lowest BCUT2D eigenvalue weighted by Gasteiger charge is -2.42. The van der Waals surface area contributed by atoms with E-state index in [1.54, 1.807) is 25.3 Å². The van der Waals surface area contributed by atoms with Gasteiger partial charge in [0.25, 0.3) is 5.91 Å². The van der Waals surface area contributed by atoms with Gasteiger partial charge in [-0.25, -0.2) is 4.98 Å². The lowest BCUT2D eigenvalue weighted by atomic mass is 9.86. The van der Waals surface area contributed by atoms with Gasteiger partial charge in [-0.15, -0.1) is 10.2 Å². The number of β-amino-alcohol motifs (C(OH)–C–C–N with tert-alkyl or cyclic N) is 1. The number of carbonyl (C=O) groups excluding carboxylic acids is 7. The van der Waals surface area contributed by atoms with Gasteiger partial charge in [0.15, 0.2) is 11.5 Å². The van der Waals surface area contributed by atoms with Crippen LogP contribution in [0.25, 0.3) is 21.1 Å². The number of amides is 7.